The van der Waals surface area contributed by atoms with E-state index in [1.165, 1.54) is 13.0 Å². The van der Waals surface area contributed by atoms with Crippen molar-refractivity contribution in [2.75, 3.05) is 18.5 Å². The second kappa shape index (κ2) is 8.58. The molecule has 2 aromatic carbocycles. The molecule has 9 heteroatoms. The van der Waals surface area contributed by atoms with Gasteiger partial charge in [-0.1, -0.05) is 6.07 Å². The predicted molar refractivity (Wildman–Crippen MR) is 108 cm³/mol. The van der Waals surface area contributed by atoms with Gasteiger partial charge >= 0.3 is 6.18 Å². The average Bonchev–Trinajstić information content (AvgIpc) is 3.11. The Morgan fingerprint density at radius 1 is 1.17 bits per heavy atom. The molecule has 30 heavy (non-hydrogen) atoms. The molecule has 1 amide bonds. The summed E-state index contributed by atoms with van der Waals surface area (Å²) in [6.45, 7) is 1.89. The zero-order valence-electron chi connectivity index (χ0n) is 16.5. The van der Waals surface area contributed by atoms with Crippen LogP contribution < -0.4 is 15.8 Å². The molecule has 3 rings (SSSR count). The lowest BCUT2D eigenvalue weighted by Gasteiger charge is -2.17. The van der Waals surface area contributed by atoms with Crippen LogP contribution >= 0.6 is 0 Å². The number of halogens is 3. The van der Waals surface area contributed by atoms with E-state index in [9.17, 15) is 18.0 Å². The SMILES string of the molecule is CC(=O)Nc1ccc(C(F)(F)F)cc1-c1ccc(OCCN)c(-c2ccnn2C)c1. The minimum Gasteiger partial charge on any atom is -0.492 e. The van der Waals surface area contributed by atoms with Gasteiger partial charge in [0.1, 0.15) is 12.4 Å². The number of aryl methyl sites for hydroxylation is 1. The summed E-state index contributed by atoms with van der Waals surface area (Å²) in [5.74, 6) is 0.145. The molecular formula is C21H21F3N4O2. The summed E-state index contributed by atoms with van der Waals surface area (Å²) in [4.78, 5) is 11.6. The third-order valence-corrected chi connectivity index (χ3v) is 4.42. The Balaban J connectivity index is 2.19. The fourth-order valence-corrected chi connectivity index (χ4v) is 3.09. The van der Waals surface area contributed by atoms with Crippen LogP contribution in [0.2, 0.25) is 0 Å². The van der Waals surface area contributed by atoms with E-state index in [1.54, 1.807) is 42.2 Å². The maximum Gasteiger partial charge on any atom is 0.416 e. The van der Waals surface area contributed by atoms with Crippen molar-refractivity contribution >= 4 is 11.6 Å². The summed E-state index contributed by atoms with van der Waals surface area (Å²) in [6, 6.07) is 10.0. The van der Waals surface area contributed by atoms with Crippen LogP contribution in [0.5, 0.6) is 5.75 Å². The second-order valence-electron chi connectivity index (χ2n) is 6.63. The highest BCUT2D eigenvalue weighted by molar-refractivity contribution is 5.95. The van der Waals surface area contributed by atoms with Crippen LogP contribution in [-0.2, 0) is 18.0 Å². The number of rotatable bonds is 6. The fraction of sp³-hybridized carbons (Fsp3) is 0.238. The zero-order valence-corrected chi connectivity index (χ0v) is 16.5. The topological polar surface area (TPSA) is 82.2 Å². The Bertz CT molecular complexity index is 1060. The molecule has 0 saturated heterocycles. The van der Waals surface area contributed by atoms with Crippen LogP contribution in [-0.4, -0.2) is 28.8 Å². The zero-order chi connectivity index (χ0) is 21.9. The van der Waals surface area contributed by atoms with Gasteiger partial charge in [0.15, 0.2) is 0 Å². The summed E-state index contributed by atoms with van der Waals surface area (Å²) in [5, 5.41) is 6.74. The van der Waals surface area contributed by atoms with Crippen LogP contribution in [0, 0.1) is 0 Å². The van der Waals surface area contributed by atoms with E-state index >= 15 is 0 Å². The van der Waals surface area contributed by atoms with Crippen LogP contribution in [0.15, 0.2) is 48.7 Å². The minimum absolute atomic E-state index is 0.244. The first-order valence-corrected chi connectivity index (χ1v) is 9.15. The molecule has 0 aliphatic rings. The molecule has 0 radical (unpaired) electrons. The third kappa shape index (κ3) is 4.62. The lowest BCUT2D eigenvalue weighted by atomic mass is 9.97. The number of hydrogen-bond acceptors (Lipinski definition) is 4. The number of nitrogens with two attached hydrogens (primary N) is 1. The molecular weight excluding hydrogens is 397 g/mol. The molecule has 0 unspecified atom stereocenters. The molecule has 0 aliphatic heterocycles. The molecule has 0 saturated carbocycles. The number of carbonyl (C=O) groups is 1. The van der Waals surface area contributed by atoms with E-state index in [-0.39, 0.29) is 23.8 Å². The summed E-state index contributed by atoms with van der Waals surface area (Å²) in [7, 11) is 1.75. The highest BCUT2D eigenvalue weighted by Crippen LogP contribution is 2.39. The number of amides is 1. The number of alkyl halides is 3. The molecule has 0 fully saturated rings. The van der Waals surface area contributed by atoms with Crippen LogP contribution in [0.4, 0.5) is 18.9 Å². The number of anilines is 1. The Hall–Kier alpha value is -3.33. The van der Waals surface area contributed by atoms with E-state index in [0.29, 0.717) is 23.4 Å². The fourth-order valence-electron chi connectivity index (χ4n) is 3.09. The van der Waals surface area contributed by atoms with Crippen LogP contribution in [0.1, 0.15) is 12.5 Å². The number of nitrogens with zero attached hydrogens (tertiary/aromatic N) is 2. The predicted octanol–water partition coefficient (Wildman–Crippen LogP) is 4.07. The van der Waals surface area contributed by atoms with Gasteiger partial charge in [0.25, 0.3) is 0 Å². The Morgan fingerprint density at radius 3 is 2.53 bits per heavy atom. The molecule has 1 aromatic heterocycles. The minimum atomic E-state index is -4.52. The van der Waals surface area contributed by atoms with Gasteiger partial charge in [0.2, 0.25) is 5.91 Å². The van der Waals surface area contributed by atoms with Crippen molar-refractivity contribution < 1.29 is 22.7 Å². The smallest absolute Gasteiger partial charge is 0.416 e. The molecule has 3 N–H and O–H groups in total. The van der Waals surface area contributed by atoms with Gasteiger partial charge in [-0.3, -0.25) is 9.48 Å². The van der Waals surface area contributed by atoms with Crippen molar-refractivity contribution in [3.63, 3.8) is 0 Å². The quantitative estimate of drug-likeness (QED) is 0.632. The molecule has 0 bridgehead atoms. The first-order valence-electron chi connectivity index (χ1n) is 9.15. The normalized spacial score (nSPS) is 11.4. The number of nitrogens with one attached hydrogen (secondary N) is 1. The molecule has 6 nitrogen and oxygen atoms in total. The van der Waals surface area contributed by atoms with Crippen LogP contribution in [0.25, 0.3) is 22.4 Å². The maximum absolute atomic E-state index is 13.3. The second-order valence-corrected chi connectivity index (χ2v) is 6.63. The Labute approximate surface area is 171 Å². The van der Waals surface area contributed by atoms with Gasteiger partial charge in [-0.2, -0.15) is 18.3 Å². The number of benzene rings is 2. The van der Waals surface area contributed by atoms with Gasteiger partial charge < -0.3 is 15.8 Å². The Kier molecular flexibility index (Phi) is 6.12. The average molecular weight is 418 g/mol. The Morgan fingerprint density at radius 2 is 1.93 bits per heavy atom. The first-order chi connectivity index (χ1) is 14.2. The highest BCUT2D eigenvalue weighted by atomic mass is 19.4. The van der Waals surface area contributed by atoms with Crippen molar-refractivity contribution in [3.05, 3.63) is 54.2 Å². The van der Waals surface area contributed by atoms with Crippen molar-refractivity contribution in [2.24, 2.45) is 12.8 Å². The lowest BCUT2D eigenvalue weighted by molar-refractivity contribution is -0.137. The van der Waals surface area contributed by atoms with Crippen molar-refractivity contribution in [2.45, 2.75) is 13.1 Å². The van der Waals surface area contributed by atoms with E-state index in [4.69, 9.17) is 10.5 Å². The monoisotopic (exact) mass is 418 g/mol. The summed E-state index contributed by atoms with van der Waals surface area (Å²) in [6.07, 6.45) is -2.90. The molecule has 0 aliphatic carbocycles. The van der Waals surface area contributed by atoms with Gasteiger partial charge in [0, 0.05) is 43.5 Å². The summed E-state index contributed by atoms with van der Waals surface area (Å²) in [5.41, 5.74) is 7.10. The molecule has 3 aromatic rings. The number of ether oxygens (including phenoxy) is 1. The molecule has 0 spiro atoms. The van der Waals surface area contributed by atoms with Crippen molar-refractivity contribution in [1.29, 1.82) is 0 Å². The number of aromatic nitrogens is 2. The molecule has 0 atom stereocenters. The third-order valence-electron chi connectivity index (χ3n) is 4.42. The highest BCUT2D eigenvalue weighted by Gasteiger charge is 2.31. The summed E-state index contributed by atoms with van der Waals surface area (Å²) >= 11 is 0. The van der Waals surface area contributed by atoms with Gasteiger partial charge in [-0.25, -0.2) is 0 Å². The van der Waals surface area contributed by atoms with E-state index in [0.717, 1.165) is 17.8 Å². The molecule has 1 heterocycles. The number of hydrogen-bond donors (Lipinski definition) is 2. The molecule has 158 valence electrons. The van der Waals surface area contributed by atoms with Gasteiger partial charge in [-0.05, 0) is 42.0 Å². The van der Waals surface area contributed by atoms with E-state index < -0.39 is 11.7 Å². The standard InChI is InChI=1S/C21H21F3N4O2/c1-13(29)27-18-5-4-15(21(22,23)24)12-16(18)14-3-6-20(30-10-8-25)17(11-14)19-7-9-26-28(19)2/h3-7,9,11-12H,8,10,25H2,1-2H3,(H,27,29). The number of carbonyl (C=O) groups excluding carboxylic acids is 1. The van der Waals surface area contributed by atoms with E-state index in [2.05, 4.69) is 10.4 Å². The largest absolute Gasteiger partial charge is 0.492 e. The van der Waals surface area contributed by atoms with Gasteiger partial charge in [-0.15, -0.1) is 0 Å². The maximum atomic E-state index is 13.3. The first kappa shape index (κ1) is 21.4. The van der Waals surface area contributed by atoms with E-state index in [1.807, 2.05) is 0 Å². The summed E-state index contributed by atoms with van der Waals surface area (Å²) < 4.78 is 47.3. The van der Waals surface area contributed by atoms with Crippen molar-refractivity contribution in [3.8, 4) is 28.1 Å². The van der Waals surface area contributed by atoms with Gasteiger partial charge in [0.05, 0.1) is 11.3 Å². The van der Waals surface area contributed by atoms with Crippen LogP contribution in [0.3, 0.4) is 0 Å². The lowest BCUT2D eigenvalue weighted by Crippen LogP contribution is -2.11. The van der Waals surface area contributed by atoms with Crippen molar-refractivity contribution in [1.82, 2.24) is 9.78 Å².